The summed E-state index contributed by atoms with van der Waals surface area (Å²) in [5.74, 6) is -0.137. The normalized spacial score (nSPS) is 10.2. The second kappa shape index (κ2) is 5.80. The van der Waals surface area contributed by atoms with Crippen molar-refractivity contribution in [2.24, 2.45) is 0 Å². The third-order valence-corrected chi connectivity index (χ3v) is 3.60. The van der Waals surface area contributed by atoms with Crippen LogP contribution in [0.15, 0.2) is 47.4 Å². The van der Waals surface area contributed by atoms with E-state index in [2.05, 4.69) is 5.32 Å². The fourth-order valence-electron chi connectivity index (χ4n) is 1.76. The van der Waals surface area contributed by atoms with Crippen molar-refractivity contribution in [3.05, 3.63) is 53.6 Å². The Morgan fingerprint density at radius 3 is 2.47 bits per heavy atom. The minimum atomic E-state index is -0.137. The van der Waals surface area contributed by atoms with E-state index in [1.807, 2.05) is 43.5 Å². The lowest BCUT2D eigenvalue weighted by Gasteiger charge is -2.09. The lowest BCUT2D eigenvalue weighted by molar-refractivity contribution is 0.102. The molecule has 1 amide bonds. The maximum absolute atomic E-state index is 12.2. The quantitative estimate of drug-likeness (QED) is 0.663. The Morgan fingerprint density at radius 1 is 1.16 bits per heavy atom. The molecule has 19 heavy (non-hydrogen) atoms. The van der Waals surface area contributed by atoms with Crippen molar-refractivity contribution in [1.29, 1.82) is 0 Å². The smallest absolute Gasteiger partial charge is 0.256 e. The van der Waals surface area contributed by atoms with Crippen LogP contribution >= 0.6 is 11.8 Å². The number of hydrogen-bond acceptors (Lipinski definition) is 3. The number of amides is 1. The van der Waals surface area contributed by atoms with Crippen LogP contribution in [0.25, 0.3) is 0 Å². The van der Waals surface area contributed by atoms with Crippen LogP contribution in [0.2, 0.25) is 0 Å². The summed E-state index contributed by atoms with van der Waals surface area (Å²) < 4.78 is 0. The molecule has 0 saturated carbocycles. The van der Waals surface area contributed by atoms with Crippen LogP contribution in [0, 0.1) is 6.92 Å². The fraction of sp³-hybridized carbons (Fsp3) is 0.133. The maximum Gasteiger partial charge on any atom is 0.256 e. The van der Waals surface area contributed by atoms with E-state index in [1.165, 1.54) is 0 Å². The molecule has 0 aromatic heterocycles. The second-order valence-corrected chi connectivity index (χ2v) is 5.14. The molecule has 0 aliphatic rings. The molecule has 0 heterocycles. The molecule has 0 aliphatic carbocycles. The summed E-state index contributed by atoms with van der Waals surface area (Å²) in [4.78, 5) is 13.3. The molecule has 0 spiro atoms. The van der Waals surface area contributed by atoms with Gasteiger partial charge >= 0.3 is 0 Å². The van der Waals surface area contributed by atoms with E-state index in [9.17, 15) is 4.79 Å². The number of carbonyl (C=O) groups excluding carboxylic acids is 1. The van der Waals surface area contributed by atoms with E-state index >= 15 is 0 Å². The predicted octanol–water partition coefficient (Wildman–Crippen LogP) is 3.55. The molecular formula is C15H16N2OS. The average molecular weight is 272 g/mol. The van der Waals surface area contributed by atoms with Crippen LogP contribution in [-0.2, 0) is 0 Å². The highest BCUT2D eigenvalue weighted by atomic mass is 32.2. The van der Waals surface area contributed by atoms with Crippen molar-refractivity contribution in [2.45, 2.75) is 11.8 Å². The molecule has 4 heteroatoms. The molecule has 0 fully saturated rings. The lowest BCUT2D eigenvalue weighted by Crippen LogP contribution is -2.13. The van der Waals surface area contributed by atoms with E-state index in [0.29, 0.717) is 11.3 Å². The standard InChI is InChI=1S/C15H16N2OS/c1-10-3-4-11(16)9-14(10)15(18)17-12-5-7-13(19-2)8-6-12/h3-9H,16H2,1-2H3,(H,17,18). The Labute approximate surface area is 117 Å². The fourth-order valence-corrected chi connectivity index (χ4v) is 2.17. The minimum absolute atomic E-state index is 0.137. The van der Waals surface area contributed by atoms with Crippen LogP contribution in [0.4, 0.5) is 11.4 Å². The van der Waals surface area contributed by atoms with Gasteiger partial charge in [0.2, 0.25) is 0 Å². The second-order valence-electron chi connectivity index (χ2n) is 4.26. The Hall–Kier alpha value is -1.94. The zero-order valence-electron chi connectivity index (χ0n) is 10.9. The number of hydrogen-bond donors (Lipinski definition) is 2. The van der Waals surface area contributed by atoms with E-state index in [-0.39, 0.29) is 5.91 Å². The Balaban J connectivity index is 2.18. The Kier molecular flexibility index (Phi) is 4.12. The van der Waals surface area contributed by atoms with Crippen molar-refractivity contribution >= 4 is 29.0 Å². The van der Waals surface area contributed by atoms with Crippen LogP contribution in [-0.4, -0.2) is 12.2 Å². The van der Waals surface area contributed by atoms with Crippen molar-refractivity contribution in [2.75, 3.05) is 17.3 Å². The molecule has 0 atom stereocenters. The third-order valence-electron chi connectivity index (χ3n) is 2.85. The molecule has 3 nitrogen and oxygen atoms in total. The van der Waals surface area contributed by atoms with Gasteiger partial charge in [-0.2, -0.15) is 0 Å². The Morgan fingerprint density at radius 2 is 1.84 bits per heavy atom. The summed E-state index contributed by atoms with van der Waals surface area (Å²) in [7, 11) is 0. The van der Waals surface area contributed by atoms with Crippen LogP contribution in [0.3, 0.4) is 0 Å². The summed E-state index contributed by atoms with van der Waals surface area (Å²) in [6.45, 7) is 1.89. The summed E-state index contributed by atoms with van der Waals surface area (Å²) in [5.41, 5.74) is 8.60. The number of rotatable bonds is 3. The third kappa shape index (κ3) is 3.29. The first kappa shape index (κ1) is 13.5. The molecule has 2 rings (SSSR count). The van der Waals surface area contributed by atoms with E-state index in [0.717, 1.165) is 16.1 Å². The van der Waals surface area contributed by atoms with Crippen molar-refractivity contribution in [3.8, 4) is 0 Å². The van der Waals surface area contributed by atoms with E-state index in [1.54, 1.807) is 23.9 Å². The first-order chi connectivity index (χ1) is 9.10. The molecule has 0 radical (unpaired) electrons. The van der Waals surface area contributed by atoms with Gasteiger partial charge in [0.25, 0.3) is 5.91 Å². The van der Waals surface area contributed by atoms with Gasteiger partial charge in [-0.1, -0.05) is 6.07 Å². The van der Waals surface area contributed by atoms with Crippen LogP contribution < -0.4 is 11.1 Å². The lowest BCUT2D eigenvalue weighted by atomic mass is 10.1. The molecule has 0 bridgehead atoms. The Bertz CT molecular complexity index is 594. The van der Waals surface area contributed by atoms with Crippen LogP contribution in [0.1, 0.15) is 15.9 Å². The molecular weight excluding hydrogens is 256 g/mol. The first-order valence-electron chi connectivity index (χ1n) is 5.91. The number of nitrogen functional groups attached to an aromatic ring is 1. The topological polar surface area (TPSA) is 55.1 Å². The SMILES string of the molecule is CSc1ccc(NC(=O)c2cc(N)ccc2C)cc1. The first-order valence-corrected chi connectivity index (χ1v) is 7.14. The zero-order chi connectivity index (χ0) is 13.8. The van der Waals surface area contributed by atoms with Crippen molar-refractivity contribution < 1.29 is 4.79 Å². The van der Waals surface area contributed by atoms with Gasteiger partial charge in [0.15, 0.2) is 0 Å². The van der Waals surface area contributed by atoms with Crippen molar-refractivity contribution in [3.63, 3.8) is 0 Å². The van der Waals surface area contributed by atoms with E-state index in [4.69, 9.17) is 5.73 Å². The summed E-state index contributed by atoms with van der Waals surface area (Å²) in [6.07, 6.45) is 2.02. The summed E-state index contributed by atoms with van der Waals surface area (Å²) >= 11 is 1.67. The average Bonchev–Trinajstić information content (AvgIpc) is 2.42. The van der Waals surface area contributed by atoms with Crippen LogP contribution in [0.5, 0.6) is 0 Å². The van der Waals surface area contributed by atoms with Gasteiger partial charge in [-0.05, 0) is 55.1 Å². The highest BCUT2D eigenvalue weighted by Crippen LogP contribution is 2.19. The molecule has 0 aliphatic heterocycles. The number of aryl methyl sites for hydroxylation is 1. The van der Waals surface area contributed by atoms with Gasteiger partial charge in [-0.25, -0.2) is 0 Å². The number of anilines is 2. The van der Waals surface area contributed by atoms with Gasteiger partial charge < -0.3 is 11.1 Å². The monoisotopic (exact) mass is 272 g/mol. The number of nitrogens with two attached hydrogens (primary N) is 1. The highest BCUT2D eigenvalue weighted by Gasteiger charge is 2.09. The summed E-state index contributed by atoms with van der Waals surface area (Å²) in [5, 5.41) is 2.87. The zero-order valence-corrected chi connectivity index (χ0v) is 11.8. The number of benzene rings is 2. The van der Waals surface area contributed by atoms with Crippen molar-refractivity contribution in [1.82, 2.24) is 0 Å². The number of carbonyl (C=O) groups is 1. The predicted molar refractivity (Wildman–Crippen MR) is 81.8 cm³/mol. The largest absolute Gasteiger partial charge is 0.399 e. The molecule has 98 valence electrons. The number of thioether (sulfide) groups is 1. The maximum atomic E-state index is 12.2. The molecule has 2 aromatic rings. The van der Waals surface area contributed by atoms with Gasteiger partial charge in [-0.3, -0.25) is 4.79 Å². The minimum Gasteiger partial charge on any atom is -0.399 e. The summed E-state index contributed by atoms with van der Waals surface area (Å²) in [6, 6.07) is 13.1. The molecule has 3 N–H and O–H groups in total. The number of nitrogens with one attached hydrogen (secondary N) is 1. The molecule has 2 aromatic carbocycles. The van der Waals surface area contributed by atoms with E-state index < -0.39 is 0 Å². The molecule has 0 unspecified atom stereocenters. The molecule has 0 saturated heterocycles. The van der Waals surface area contributed by atoms with Gasteiger partial charge in [0, 0.05) is 21.8 Å². The van der Waals surface area contributed by atoms with Gasteiger partial charge in [0.1, 0.15) is 0 Å². The van der Waals surface area contributed by atoms with Gasteiger partial charge in [-0.15, -0.1) is 11.8 Å². The van der Waals surface area contributed by atoms with Gasteiger partial charge in [0.05, 0.1) is 0 Å². The highest BCUT2D eigenvalue weighted by molar-refractivity contribution is 7.98.